The maximum absolute atomic E-state index is 13.0. The second kappa shape index (κ2) is 28.0. The highest BCUT2D eigenvalue weighted by molar-refractivity contribution is 6.00. The van der Waals surface area contributed by atoms with Crippen molar-refractivity contribution in [1.29, 1.82) is 0 Å². The lowest BCUT2D eigenvalue weighted by atomic mass is 10.0. The van der Waals surface area contributed by atoms with Crippen LogP contribution in [0.5, 0.6) is 34.5 Å². The summed E-state index contributed by atoms with van der Waals surface area (Å²) in [7, 11) is 1.66. The van der Waals surface area contributed by atoms with Crippen LogP contribution in [0.25, 0.3) is 0 Å². The summed E-state index contributed by atoms with van der Waals surface area (Å²) in [6, 6.07) is 60.8. The van der Waals surface area contributed by atoms with Crippen molar-refractivity contribution in [3.8, 4) is 34.5 Å². The Morgan fingerprint density at radius 2 is 0.798 bits per heavy atom. The third-order valence-corrected chi connectivity index (χ3v) is 14.1. The van der Waals surface area contributed by atoms with Crippen LogP contribution >= 0.6 is 0 Å². The summed E-state index contributed by atoms with van der Waals surface area (Å²) in [6.45, 7) is 5.65. The Morgan fingerprint density at radius 3 is 1.33 bits per heavy atom. The first-order chi connectivity index (χ1) is 40.7. The van der Waals surface area contributed by atoms with Gasteiger partial charge in [0.05, 0.1) is 30.4 Å². The number of hydrogen-bond acceptors (Lipinski definition) is 12. The van der Waals surface area contributed by atoms with Crippen molar-refractivity contribution < 1.29 is 57.2 Å². The van der Waals surface area contributed by atoms with Crippen molar-refractivity contribution in [3.05, 3.63) is 284 Å². The number of carbonyl (C=O) groups excluding carboxylic acids is 6. The van der Waals surface area contributed by atoms with Gasteiger partial charge >= 0.3 is 17.9 Å². The van der Waals surface area contributed by atoms with Crippen molar-refractivity contribution in [3.63, 3.8) is 0 Å². The Hall–Kier alpha value is -10.2. The van der Waals surface area contributed by atoms with Gasteiger partial charge in [0.1, 0.15) is 34.5 Å². The van der Waals surface area contributed by atoms with E-state index in [1.807, 2.05) is 105 Å². The van der Waals surface area contributed by atoms with E-state index in [0.717, 1.165) is 56.7 Å². The minimum absolute atomic E-state index is 0.0320. The number of ketones is 3. The number of Topliss-reactive ketones (excluding diaryl/α,β-unsaturated/α-hetero) is 3. The Bertz CT molecular complexity index is 3790. The van der Waals surface area contributed by atoms with Crippen molar-refractivity contribution in [2.45, 2.75) is 59.3 Å². The molecule has 0 heterocycles. The van der Waals surface area contributed by atoms with Crippen molar-refractivity contribution in [1.82, 2.24) is 0 Å². The SMILES string of the molecule is COc1ccc(Cc2ccc(OC(=O)c3ccc(C(=O)COc4ccc(Cc5ccc(OC(=O)c6ccc(C(=O)CCCCOc7ccc(Cc8ccccc8OC(=O)c8ccc(C(C)=O)cc8)cc7)cc6)cc5)cc4)cc3)c(C)c2)cc1C. The second-order valence-corrected chi connectivity index (χ2v) is 20.4. The van der Waals surface area contributed by atoms with E-state index >= 15 is 0 Å². The molecule has 84 heavy (non-hydrogen) atoms. The molecule has 0 radical (unpaired) electrons. The molecule has 9 aromatic rings. The first-order valence-electron chi connectivity index (χ1n) is 27.6. The van der Waals surface area contributed by atoms with E-state index in [0.29, 0.717) is 101 Å². The lowest BCUT2D eigenvalue weighted by Crippen LogP contribution is -2.13. The lowest BCUT2D eigenvalue weighted by Gasteiger charge is -2.11. The molecule has 0 aliphatic rings. The molecule has 0 aromatic heterocycles. The van der Waals surface area contributed by atoms with Crippen LogP contribution in [-0.4, -0.2) is 55.6 Å². The molecule has 12 heteroatoms. The van der Waals surface area contributed by atoms with Crippen LogP contribution in [-0.2, 0) is 19.3 Å². The fourth-order valence-electron chi connectivity index (χ4n) is 9.37. The topological polar surface area (TPSA) is 158 Å². The second-order valence-electron chi connectivity index (χ2n) is 20.4. The number of carbonyl (C=O) groups is 6. The molecule has 0 amide bonds. The zero-order valence-corrected chi connectivity index (χ0v) is 47.2. The smallest absolute Gasteiger partial charge is 0.343 e. The summed E-state index contributed by atoms with van der Waals surface area (Å²) in [6.07, 6.45) is 3.50. The van der Waals surface area contributed by atoms with Crippen LogP contribution in [0.15, 0.2) is 206 Å². The molecule has 9 aromatic carbocycles. The Morgan fingerprint density at radius 1 is 0.369 bits per heavy atom. The molecular weight excluding hydrogens is 1060 g/mol. The molecule has 0 bridgehead atoms. The van der Waals surface area contributed by atoms with Gasteiger partial charge < -0.3 is 28.4 Å². The standard InChI is InChI=1S/C72H62O12/c1-47-41-53(18-38-67(47)79-4)44-54-19-39-68(48(2)42-54)83-71(77)60-30-24-57(25-31-60)66(75)46-81-63-34-12-50(13-35-63)43-51-16-36-64(37-17-51)82-70(76)58-28-22-56(23-29-58)65(74)10-7-8-40-80-62-32-14-52(15-33-62)45-61-9-5-6-11-69(61)84-72(78)59-26-20-55(21-27-59)49(3)73/h5-6,9,11-39,41-42H,7-8,10,40,43-46H2,1-4H3. The number of benzene rings is 9. The van der Waals surface area contributed by atoms with Gasteiger partial charge in [0.2, 0.25) is 0 Å². The summed E-state index contributed by atoms with van der Waals surface area (Å²) in [5.74, 6) is 1.48. The number of ether oxygens (including phenoxy) is 6. The summed E-state index contributed by atoms with van der Waals surface area (Å²) in [5, 5.41) is 0. The molecule has 0 spiro atoms. The van der Waals surface area contributed by atoms with Crippen molar-refractivity contribution >= 4 is 35.3 Å². The highest BCUT2D eigenvalue weighted by Crippen LogP contribution is 2.27. The van der Waals surface area contributed by atoms with Crippen LogP contribution in [0.1, 0.15) is 133 Å². The molecule has 9 rings (SSSR count). The number of unbranched alkanes of at least 4 members (excludes halogenated alkanes) is 1. The van der Waals surface area contributed by atoms with E-state index in [9.17, 15) is 28.8 Å². The monoisotopic (exact) mass is 1120 g/mol. The maximum atomic E-state index is 13.0. The van der Waals surface area contributed by atoms with Gasteiger partial charge in [0.25, 0.3) is 0 Å². The van der Waals surface area contributed by atoms with Gasteiger partial charge in [-0.1, -0.05) is 115 Å². The normalized spacial score (nSPS) is 10.8. The van der Waals surface area contributed by atoms with Gasteiger partial charge in [-0.3, -0.25) is 14.4 Å². The lowest BCUT2D eigenvalue weighted by molar-refractivity contribution is 0.0724. The fourth-order valence-corrected chi connectivity index (χ4v) is 9.37. The van der Waals surface area contributed by atoms with Crippen LogP contribution in [0, 0.1) is 13.8 Å². The largest absolute Gasteiger partial charge is 0.496 e. The van der Waals surface area contributed by atoms with Crippen molar-refractivity contribution in [2.24, 2.45) is 0 Å². The van der Waals surface area contributed by atoms with Gasteiger partial charge in [-0.25, -0.2) is 14.4 Å². The fraction of sp³-hybridized carbons (Fsp3) is 0.167. The summed E-state index contributed by atoms with van der Waals surface area (Å²) >= 11 is 0. The van der Waals surface area contributed by atoms with E-state index in [-0.39, 0.29) is 24.0 Å². The first-order valence-corrected chi connectivity index (χ1v) is 27.6. The van der Waals surface area contributed by atoms with E-state index in [4.69, 9.17) is 28.4 Å². The van der Waals surface area contributed by atoms with Crippen LogP contribution in [0.2, 0.25) is 0 Å². The number of aryl methyl sites for hydroxylation is 2. The quantitative estimate of drug-likeness (QED) is 0.0231. The van der Waals surface area contributed by atoms with E-state index in [2.05, 4.69) is 6.07 Å². The maximum Gasteiger partial charge on any atom is 0.343 e. The number of rotatable bonds is 25. The Labute approximate surface area is 488 Å². The van der Waals surface area contributed by atoms with Gasteiger partial charge in [-0.15, -0.1) is 0 Å². The molecule has 0 aliphatic heterocycles. The minimum atomic E-state index is -0.538. The Balaban J connectivity index is 0.650. The summed E-state index contributed by atoms with van der Waals surface area (Å²) < 4.78 is 34.2. The average molecular weight is 1120 g/mol. The van der Waals surface area contributed by atoms with Gasteiger partial charge in [0.15, 0.2) is 24.0 Å². The van der Waals surface area contributed by atoms with Crippen molar-refractivity contribution in [2.75, 3.05) is 20.3 Å². The number of para-hydroxylation sites is 1. The zero-order chi connectivity index (χ0) is 59.0. The predicted molar refractivity (Wildman–Crippen MR) is 321 cm³/mol. The first kappa shape index (κ1) is 58.5. The van der Waals surface area contributed by atoms with E-state index < -0.39 is 17.9 Å². The average Bonchev–Trinajstić information content (AvgIpc) is 3.67. The predicted octanol–water partition coefficient (Wildman–Crippen LogP) is 14.6. The third kappa shape index (κ3) is 16.0. The number of hydrogen-bond donors (Lipinski definition) is 0. The van der Waals surface area contributed by atoms with Crippen LogP contribution in [0.4, 0.5) is 0 Å². The van der Waals surface area contributed by atoms with E-state index in [1.165, 1.54) is 6.92 Å². The molecule has 422 valence electrons. The highest BCUT2D eigenvalue weighted by atomic mass is 16.5. The highest BCUT2D eigenvalue weighted by Gasteiger charge is 2.17. The summed E-state index contributed by atoms with van der Waals surface area (Å²) in [5.41, 5.74) is 10.4. The molecule has 0 aliphatic carbocycles. The van der Waals surface area contributed by atoms with Gasteiger partial charge in [-0.2, -0.15) is 0 Å². The molecule has 0 fully saturated rings. The molecule has 12 nitrogen and oxygen atoms in total. The Kier molecular flexibility index (Phi) is 19.5. The minimum Gasteiger partial charge on any atom is -0.496 e. The molecule has 0 unspecified atom stereocenters. The van der Waals surface area contributed by atoms with Crippen LogP contribution in [0.3, 0.4) is 0 Å². The third-order valence-electron chi connectivity index (χ3n) is 14.1. The van der Waals surface area contributed by atoms with E-state index in [1.54, 1.807) is 116 Å². The number of esters is 3. The van der Waals surface area contributed by atoms with Gasteiger partial charge in [0, 0.05) is 29.5 Å². The molecule has 0 atom stereocenters. The molecule has 0 saturated heterocycles. The number of methoxy groups -OCH3 is 1. The molecule has 0 N–H and O–H groups in total. The van der Waals surface area contributed by atoms with Gasteiger partial charge in [-0.05, 0) is 182 Å². The molecular formula is C72H62O12. The summed E-state index contributed by atoms with van der Waals surface area (Å²) in [4.78, 5) is 76.6. The molecule has 0 saturated carbocycles. The van der Waals surface area contributed by atoms with Crippen LogP contribution < -0.4 is 28.4 Å². The zero-order valence-electron chi connectivity index (χ0n) is 47.2.